The van der Waals surface area contributed by atoms with Gasteiger partial charge in [0.2, 0.25) is 0 Å². The van der Waals surface area contributed by atoms with Crippen LogP contribution in [-0.2, 0) is 16.0 Å². The molecule has 0 spiro atoms. The van der Waals surface area contributed by atoms with E-state index >= 15 is 0 Å². The molecule has 4 nitrogen and oxygen atoms in total. The predicted molar refractivity (Wildman–Crippen MR) is 87.7 cm³/mol. The number of benzene rings is 1. The average Bonchev–Trinajstić information content (AvgIpc) is 2.46. The van der Waals surface area contributed by atoms with Crippen molar-refractivity contribution in [2.75, 3.05) is 5.32 Å². The summed E-state index contributed by atoms with van der Waals surface area (Å²) < 4.78 is 11.3. The zero-order valence-electron chi connectivity index (χ0n) is 12.7. The topological polar surface area (TPSA) is 65.0 Å². The molecule has 1 aromatic carbocycles. The summed E-state index contributed by atoms with van der Waals surface area (Å²) in [5.74, 6) is 0.199. The summed E-state index contributed by atoms with van der Waals surface area (Å²) in [5, 5.41) is 4.71. The normalized spacial score (nSPS) is 13.4. The second kappa shape index (κ2) is 6.03. The second-order valence-corrected chi connectivity index (χ2v) is 8.29. The van der Waals surface area contributed by atoms with Gasteiger partial charge in [-0.05, 0) is 50.3 Å². The van der Waals surface area contributed by atoms with E-state index in [1.54, 1.807) is 20.0 Å². The highest BCUT2D eigenvalue weighted by Gasteiger charge is 2.41. The number of pyridine rings is 1. The van der Waals surface area contributed by atoms with Gasteiger partial charge in [0.15, 0.2) is 4.75 Å². The van der Waals surface area contributed by atoms with E-state index in [0.717, 1.165) is 10.8 Å². The number of rotatable bonds is 4. The summed E-state index contributed by atoms with van der Waals surface area (Å²) in [5.41, 5.74) is 0. The van der Waals surface area contributed by atoms with E-state index in [1.165, 1.54) is 0 Å². The lowest BCUT2D eigenvalue weighted by atomic mass is 10.1. The summed E-state index contributed by atoms with van der Waals surface area (Å²) in [6, 6.07) is 9.63. The van der Waals surface area contributed by atoms with E-state index in [1.807, 2.05) is 44.2 Å². The van der Waals surface area contributed by atoms with E-state index in [9.17, 15) is 9.35 Å². The first-order chi connectivity index (χ1) is 9.82. The number of nitrogens with one attached hydrogen (secondary N) is 1. The molecular weight excluding hydrogens is 284 g/mol. The zero-order chi connectivity index (χ0) is 15.6. The van der Waals surface area contributed by atoms with Crippen LogP contribution >= 0.6 is 0 Å². The fourth-order valence-electron chi connectivity index (χ4n) is 2.10. The van der Waals surface area contributed by atoms with E-state index < -0.39 is 15.9 Å². The summed E-state index contributed by atoms with van der Waals surface area (Å²) in [7, 11) is 0. The molecule has 0 aliphatic carbocycles. The fourth-order valence-corrected chi connectivity index (χ4v) is 3.51. The number of carbonyl (C=O) groups is 1. The molecule has 2 aromatic rings. The van der Waals surface area contributed by atoms with Gasteiger partial charge in [-0.1, -0.05) is 24.3 Å². The maximum Gasteiger partial charge on any atom is 0.281 e. The van der Waals surface area contributed by atoms with E-state index in [4.69, 9.17) is 0 Å². The molecular formula is C16H20N2O2S. The van der Waals surface area contributed by atoms with Crippen LogP contribution in [0, 0.1) is 0 Å². The third-order valence-electron chi connectivity index (χ3n) is 3.35. The van der Waals surface area contributed by atoms with Crippen molar-refractivity contribution in [2.45, 2.75) is 37.7 Å². The number of anilines is 1. The summed E-state index contributed by atoms with van der Waals surface area (Å²) >= 11 is -1.25. The number of hydrogen-bond donors (Lipinski definition) is 1. The smallest absolute Gasteiger partial charge is 0.281 e. The van der Waals surface area contributed by atoms with Crippen LogP contribution in [0.25, 0.3) is 10.8 Å². The average molecular weight is 304 g/mol. The van der Waals surface area contributed by atoms with Crippen LogP contribution in [0.5, 0.6) is 0 Å². The molecule has 1 heterocycles. The maximum absolute atomic E-state index is 12.4. The molecule has 1 aromatic heterocycles. The van der Waals surface area contributed by atoms with Crippen molar-refractivity contribution < 1.29 is 9.35 Å². The van der Waals surface area contributed by atoms with Crippen LogP contribution in [0.2, 0.25) is 0 Å². The molecule has 0 fully saturated rings. The van der Waals surface area contributed by atoms with Crippen LogP contribution in [0.4, 0.5) is 5.82 Å². The van der Waals surface area contributed by atoms with Gasteiger partial charge in [0.05, 0.1) is 0 Å². The molecule has 1 N–H and O–H groups in total. The molecule has 1 unspecified atom stereocenters. The number of fused-ring (bicyclic) bond motifs is 1. The Kier molecular flexibility index (Phi) is 4.54. The lowest BCUT2D eigenvalue weighted by molar-refractivity contribution is -0.117. The van der Waals surface area contributed by atoms with Crippen molar-refractivity contribution in [3.8, 4) is 0 Å². The minimum atomic E-state index is -1.25. The Morgan fingerprint density at radius 1 is 1.29 bits per heavy atom. The molecule has 112 valence electrons. The van der Waals surface area contributed by atoms with Crippen molar-refractivity contribution in [1.29, 1.82) is 0 Å². The van der Waals surface area contributed by atoms with Gasteiger partial charge < -0.3 is 9.87 Å². The molecule has 1 atom stereocenters. The molecule has 5 heteroatoms. The van der Waals surface area contributed by atoms with Crippen LogP contribution in [0.15, 0.2) is 36.5 Å². The van der Waals surface area contributed by atoms with Crippen molar-refractivity contribution in [3.05, 3.63) is 36.5 Å². The van der Waals surface area contributed by atoms with Crippen molar-refractivity contribution >= 4 is 33.7 Å². The summed E-state index contributed by atoms with van der Waals surface area (Å²) in [6.07, 6.45) is 1.72. The maximum atomic E-state index is 12.4. The highest BCUT2D eigenvalue weighted by Crippen LogP contribution is 2.24. The Bertz CT molecular complexity index is 656. The number of carbonyl (C=O) groups excluding carboxylic acids is 1. The minimum Gasteiger partial charge on any atom is -0.615 e. The Morgan fingerprint density at radius 3 is 2.52 bits per heavy atom. The number of amides is 1. The molecule has 0 aliphatic rings. The Labute approximate surface area is 128 Å². The molecule has 0 saturated heterocycles. The lowest BCUT2D eigenvalue weighted by Gasteiger charge is -2.29. The van der Waals surface area contributed by atoms with Gasteiger partial charge >= 0.3 is 0 Å². The van der Waals surface area contributed by atoms with E-state index in [0.29, 0.717) is 5.82 Å². The molecule has 0 saturated carbocycles. The molecule has 21 heavy (non-hydrogen) atoms. The second-order valence-electron chi connectivity index (χ2n) is 5.73. The molecule has 0 bridgehead atoms. The number of hydrogen-bond acceptors (Lipinski definition) is 3. The van der Waals surface area contributed by atoms with Crippen LogP contribution in [0.1, 0.15) is 27.7 Å². The fraction of sp³-hybridized carbons (Fsp3) is 0.375. The highest BCUT2D eigenvalue weighted by atomic mass is 32.2. The zero-order valence-corrected chi connectivity index (χ0v) is 13.5. The quantitative estimate of drug-likeness (QED) is 0.883. The third-order valence-corrected chi connectivity index (χ3v) is 5.40. The predicted octanol–water partition coefficient (Wildman–Crippen LogP) is 3.11. The lowest BCUT2D eigenvalue weighted by Crippen LogP contribution is -2.47. The van der Waals surface area contributed by atoms with Gasteiger partial charge in [-0.2, -0.15) is 0 Å². The van der Waals surface area contributed by atoms with Crippen LogP contribution in [0.3, 0.4) is 0 Å². The number of nitrogens with zero attached hydrogens (tertiary/aromatic N) is 1. The highest BCUT2D eigenvalue weighted by molar-refractivity contribution is 7.94. The van der Waals surface area contributed by atoms with Crippen molar-refractivity contribution in [2.24, 2.45) is 0 Å². The first-order valence-corrected chi connectivity index (χ1v) is 8.10. The third kappa shape index (κ3) is 3.36. The van der Waals surface area contributed by atoms with Gasteiger partial charge in [-0.3, -0.25) is 4.79 Å². The van der Waals surface area contributed by atoms with Gasteiger partial charge in [0.25, 0.3) is 5.91 Å². The molecule has 2 rings (SSSR count). The number of aromatic nitrogens is 1. The standard InChI is InChI=1S/C16H20N2O2S/c1-11(2)21(20)16(3,4)15(19)18-14-9-12-7-5-6-8-13(12)10-17-14/h5-11H,1-4H3,(H,17,18,19). The van der Waals surface area contributed by atoms with E-state index in [-0.39, 0.29) is 11.2 Å². The van der Waals surface area contributed by atoms with Crippen molar-refractivity contribution in [1.82, 2.24) is 4.98 Å². The van der Waals surface area contributed by atoms with Gasteiger partial charge in [-0.25, -0.2) is 4.98 Å². The minimum absolute atomic E-state index is 0.0738. The van der Waals surface area contributed by atoms with E-state index in [2.05, 4.69) is 10.3 Å². The van der Waals surface area contributed by atoms with Gasteiger partial charge in [-0.15, -0.1) is 0 Å². The first-order valence-electron chi connectivity index (χ1n) is 6.89. The first kappa shape index (κ1) is 15.8. The Hall–Kier alpha value is -1.59. The Morgan fingerprint density at radius 2 is 1.90 bits per heavy atom. The van der Waals surface area contributed by atoms with Crippen LogP contribution in [-0.4, -0.2) is 25.4 Å². The SMILES string of the molecule is CC(C)[S+]([O-])C(C)(C)C(=O)Nc1cc2ccccc2cn1. The van der Waals surface area contributed by atoms with Crippen LogP contribution < -0.4 is 5.32 Å². The largest absolute Gasteiger partial charge is 0.615 e. The molecule has 0 aliphatic heterocycles. The summed E-state index contributed by atoms with van der Waals surface area (Å²) in [6.45, 7) is 7.08. The molecule has 1 amide bonds. The van der Waals surface area contributed by atoms with Gasteiger partial charge in [0.1, 0.15) is 11.1 Å². The summed E-state index contributed by atoms with van der Waals surface area (Å²) in [4.78, 5) is 16.6. The van der Waals surface area contributed by atoms with Gasteiger partial charge in [0, 0.05) is 11.6 Å². The Balaban J connectivity index is 2.21. The molecule has 0 radical (unpaired) electrons. The van der Waals surface area contributed by atoms with Crippen molar-refractivity contribution in [3.63, 3.8) is 0 Å². The monoisotopic (exact) mass is 304 g/mol.